The normalized spacial score (nSPS) is 20.9. The number of pyridine rings is 1. The lowest BCUT2D eigenvalue weighted by atomic mass is 9.93. The van der Waals surface area contributed by atoms with E-state index in [2.05, 4.69) is 57.7 Å². The molecule has 1 N–H and O–H groups in total. The summed E-state index contributed by atoms with van der Waals surface area (Å²) in [5, 5.41) is 8.22. The lowest BCUT2D eigenvalue weighted by molar-refractivity contribution is -0.116. The van der Waals surface area contributed by atoms with Crippen molar-refractivity contribution in [2.24, 2.45) is 0 Å². The van der Waals surface area contributed by atoms with E-state index in [9.17, 15) is 4.79 Å². The van der Waals surface area contributed by atoms with Gasteiger partial charge in [-0.3, -0.25) is 14.4 Å². The number of nitrogens with zero attached hydrogens (tertiary/aromatic N) is 5. The molecule has 0 radical (unpaired) electrons. The molecule has 9 nitrogen and oxygen atoms in total. The highest BCUT2D eigenvalue weighted by Crippen LogP contribution is 2.39. The van der Waals surface area contributed by atoms with Crippen LogP contribution in [0.2, 0.25) is 0 Å². The molecule has 3 atom stereocenters. The van der Waals surface area contributed by atoms with Crippen LogP contribution in [0.3, 0.4) is 0 Å². The third kappa shape index (κ3) is 5.90. The van der Waals surface area contributed by atoms with Crippen molar-refractivity contribution in [1.29, 1.82) is 0 Å². The highest BCUT2D eigenvalue weighted by atomic mass is 16.8. The van der Waals surface area contributed by atoms with Crippen LogP contribution < -0.4 is 10.2 Å². The number of epoxide rings is 1. The lowest BCUT2D eigenvalue weighted by Gasteiger charge is -2.35. The minimum absolute atomic E-state index is 0.0127. The molecular weight excluding hydrogens is 480 g/mol. The summed E-state index contributed by atoms with van der Waals surface area (Å²) in [6.45, 7) is 12.0. The van der Waals surface area contributed by atoms with Crippen molar-refractivity contribution in [2.75, 3.05) is 30.4 Å². The van der Waals surface area contributed by atoms with Gasteiger partial charge in [-0.25, -0.2) is 4.98 Å². The molecule has 3 unspecified atom stereocenters. The Hall–Kier alpha value is -3.27. The van der Waals surface area contributed by atoms with E-state index in [0.29, 0.717) is 6.54 Å². The second-order valence-corrected chi connectivity index (χ2v) is 11.2. The molecule has 5 rings (SSSR count). The van der Waals surface area contributed by atoms with Crippen molar-refractivity contribution >= 4 is 17.4 Å². The molecule has 2 aliphatic heterocycles. The Morgan fingerprint density at radius 2 is 2.08 bits per heavy atom. The third-order valence-electron chi connectivity index (χ3n) is 7.02. The largest absolute Gasteiger partial charge is 0.363 e. The maximum absolute atomic E-state index is 12.4. The fraction of sp³-hybridized carbons (Fsp3) is 0.483. The van der Waals surface area contributed by atoms with Crippen LogP contribution in [0.5, 0.6) is 0 Å². The van der Waals surface area contributed by atoms with Gasteiger partial charge in [-0.2, -0.15) is 5.10 Å². The van der Waals surface area contributed by atoms with Crippen molar-refractivity contribution in [3.8, 4) is 11.1 Å². The summed E-state index contributed by atoms with van der Waals surface area (Å²) >= 11 is 0. The number of carbonyl (C=O) groups excluding carboxylic acids is 1. The first-order chi connectivity index (χ1) is 18.1. The number of nitrogens with one attached hydrogen (secondary N) is 1. The van der Waals surface area contributed by atoms with Gasteiger partial charge < -0.3 is 19.7 Å². The first kappa shape index (κ1) is 26.3. The average Bonchev–Trinajstić information content (AvgIpc) is 3.45. The van der Waals surface area contributed by atoms with Crippen LogP contribution in [-0.4, -0.2) is 63.8 Å². The Kier molecular flexibility index (Phi) is 7.26. The summed E-state index contributed by atoms with van der Waals surface area (Å²) in [4.78, 5) is 20.9. The number of anilines is 2. The molecule has 2 aliphatic rings. The Balaban J connectivity index is 1.30. The van der Waals surface area contributed by atoms with Crippen LogP contribution in [-0.2, 0) is 20.8 Å². The van der Waals surface area contributed by atoms with Crippen molar-refractivity contribution in [3.63, 3.8) is 0 Å². The lowest BCUT2D eigenvalue weighted by Crippen LogP contribution is -2.36. The number of benzene rings is 1. The molecule has 1 amide bonds. The van der Waals surface area contributed by atoms with Gasteiger partial charge in [-0.1, -0.05) is 12.1 Å². The van der Waals surface area contributed by atoms with Gasteiger partial charge in [0.15, 0.2) is 12.5 Å². The molecule has 1 fully saturated rings. The summed E-state index contributed by atoms with van der Waals surface area (Å²) < 4.78 is 13.5. The van der Waals surface area contributed by atoms with E-state index in [4.69, 9.17) is 9.47 Å². The molecule has 0 aliphatic carbocycles. The zero-order chi connectivity index (χ0) is 27.0. The molecule has 0 saturated carbocycles. The molecule has 202 valence electrons. The van der Waals surface area contributed by atoms with Crippen LogP contribution in [0, 0.1) is 6.92 Å². The predicted octanol–water partition coefficient (Wildman–Crippen LogP) is 4.59. The number of hydrogen-bond donors (Lipinski definition) is 1. The quantitative estimate of drug-likeness (QED) is 0.436. The van der Waals surface area contributed by atoms with Crippen LogP contribution >= 0.6 is 0 Å². The molecule has 9 heteroatoms. The monoisotopic (exact) mass is 518 g/mol. The molecular formula is C29H38N6O3. The van der Waals surface area contributed by atoms with Crippen molar-refractivity contribution in [3.05, 3.63) is 60.0 Å². The Morgan fingerprint density at radius 1 is 1.26 bits per heavy atom. The molecule has 1 aromatic carbocycles. The van der Waals surface area contributed by atoms with E-state index >= 15 is 0 Å². The van der Waals surface area contributed by atoms with Gasteiger partial charge in [0.25, 0.3) is 0 Å². The van der Waals surface area contributed by atoms with Gasteiger partial charge in [0.2, 0.25) is 5.91 Å². The van der Waals surface area contributed by atoms with Crippen molar-refractivity contribution in [1.82, 2.24) is 19.7 Å². The topological polar surface area (TPSA) is 88.1 Å². The maximum Gasteiger partial charge on any atom is 0.223 e. The van der Waals surface area contributed by atoms with Crippen LogP contribution in [0.15, 0.2) is 48.9 Å². The molecule has 2 aromatic heterocycles. The minimum atomic E-state index is -0.224. The predicted molar refractivity (Wildman–Crippen MR) is 148 cm³/mol. The highest BCUT2D eigenvalue weighted by molar-refractivity contribution is 5.93. The van der Waals surface area contributed by atoms with Crippen molar-refractivity contribution in [2.45, 2.75) is 71.7 Å². The molecule has 0 spiro atoms. The van der Waals surface area contributed by atoms with Gasteiger partial charge in [0.05, 0.1) is 24.4 Å². The summed E-state index contributed by atoms with van der Waals surface area (Å²) in [5.74, 6) is 0.926. The summed E-state index contributed by atoms with van der Waals surface area (Å²) in [6.07, 6.45) is 6.40. The number of aryl methyl sites for hydroxylation is 1. The van der Waals surface area contributed by atoms with Gasteiger partial charge in [0.1, 0.15) is 5.82 Å². The number of amides is 1. The maximum atomic E-state index is 12.4. The summed E-state index contributed by atoms with van der Waals surface area (Å²) in [5.41, 5.74) is 5.03. The van der Waals surface area contributed by atoms with E-state index in [1.54, 1.807) is 13.1 Å². The highest BCUT2D eigenvalue weighted by Gasteiger charge is 2.45. The molecule has 0 bridgehead atoms. The smallest absolute Gasteiger partial charge is 0.223 e. The standard InChI is InChI=1S/C29H38N6O3/c1-19-8-7-12-30-26(19)32-24-11-13-35(20(2)36)25-10-9-21(16-23(24)25)22-17-31-34(18-22)15-14-33(6)27-28(37-27)38-29(3,4)5/h7-10,12,16-18,24,27-28H,11,13-15H2,1-6H3,(H,30,32). The fourth-order valence-electron chi connectivity index (χ4n) is 4.93. The summed E-state index contributed by atoms with van der Waals surface area (Å²) in [7, 11) is 2.04. The molecule has 3 aromatic rings. The van der Waals surface area contributed by atoms with Crippen molar-refractivity contribution < 1.29 is 14.3 Å². The number of ether oxygens (including phenoxy) is 2. The summed E-state index contributed by atoms with van der Waals surface area (Å²) in [6, 6.07) is 10.4. The Bertz CT molecular complexity index is 1300. The van der Waals surface area contributed by atoms with Gasteiger partial charge >= 0.3 is 0 Å². The zero-order valence-electron chi connectivity index (χ0n) is 23.1. The number of aromatic nitrogens is 3. The van der Waals surface area contributed by atoms with Crippen LogP contribution in [0.4, 0.5) is 11.5 Å². The van der Waals surface area contributed by atoms with E-state index < -0.39 is 0 Å². The fourth-order valence-corrected chi connectivity index (χ4v) is 4.93. The van der Waals surface area contributed by atoms with Gasteiger partial charge in [-0.15, -0.1) is 0 Å². The number of fused-ring (bicyclic) bond motifs is 1. The molecule has 4 heterocycles. The molecule has 1 saturated heterocycles. The Morgan fingerprint density at radius 3 is 2.82 bits per heavy atom. The molecule has 38 heavy (non-hydrogen) atoms. The van der Waals surface area contributed by atoms with E-state index in [1.165, 1.54) is 0 Å². The van der Waals surface area contributed by atoms with E-state index in [0.717, 1.165) is 53.3 Å². The van der Waals surface area contributed by atoms with E-state index in [1.807, 2.05) is 49.7 Å². The van der Waals surface area contributed by atoms with Gasteiger partial charge in [-0.05, 0) is 76.1 Å². The number of rotatable bonds is 8. The first-order valence-electron chi connectivity index (χ1n) is 13.3. The SMILES string of the molecule is CC(=O)N1CCC(Nc2ncccc2C)c2cc(-c3cnn(CCN(C)C4OC4OC(C)(C)C)c3)ccc21. The number of carbonyl (C=O) groups is 1. The van der Waals surface area contributed by atoms with Gasteiger partial charge in [0, 0.05) is 43.7 Å². The zero-order valence-corrected chi connectivity index (χ0v) is 23.1. The van der Waals surface area contributed by atoms with Crippen LogP contribution in [0.1, 0.15) is 51.3 Å². The second-order valence-electron chi connectivity index (χ2n) is 11.2. The van der Waals surface area contributed by atoms with E-state index in [-0.39, 0.29) is 30.1 Å². The Labute approximate surface area is 224 Å². The average molecular weight is 519 g/mol. The number of likely N-dealkylation sites (N-methyl/N-ethyl adjacent to an activating group) is 1. The second kappa shape index (κ2) is 10.5. The third-order valence-corrected chi connectivity index (χ3v) is 7.02. The number of hydrogen-bond acceptors (Lipinski definition) is 7. The van der Waals surface area contributed by atoms with Crippen LogP contribution in [0.25, 0.3) is 11.1 Å². The first-order valence-corrected chi connectivity index (χ1v) is 13.3. The minimum Gasteiger partial charge on any atom is -0.363 e.